The van der Waals surface area contributed by atoms with Gasteiger partial charge in [-0.25, -0.2) is 4.79 Å². The fourth-order valence-electron chi connectivity index (χ4n) is 1.14. The van der Waals surface area contributed by atoms with Gasteiger partial charge < -0.3 is 15.3 Å². The summed E-state index contributed by atoms with van der Waals surface area (Å²) in [4.78, 5) is 23.6. The van der Waals surface area contributed by atoms with Crippen molar-refractivity contribution in [3.05, 3.63) is 0 Å². The standard InChI is InChI=1S/C11H22N2O3/c1-5-9(4)6-12-11(16)13(8(2)3)7-10(14)15/h8-9H,5-7H2,1-4H3,(H,12,16)(H,14,15). The van der Waals surface area contributed by atoms with E-state index in [2.05, 4.69) is 5.32 Å². The van der Waals surface area contributed by atoms with E-state index in [4.69, 9.17) is 5.11 Å². The first-order valence-electron chi connectivity index (χ1n) is 5.64. The minimum absolute atomic E-state index is 0.118. The van der Waals surface area contributed by atoms with E-state index in [0.717, 1.165) is 6.42 Å². The Bertz CT molecular complexity index is 241. The molecule has 0 aliphatic heterocycles. The Hall–Kier alpha value is -1.26. The summed E-state index contributed by atoms with van der Waals surface area (Å²) in [6.07, 6.45) is 0.987. The van der Waals surface area contributed by atoms with Crippen LogP contribution in [0.2, 0.25) is 0 Å². The first kappa shape index (κ1) is 14.7. The van der Waals surface area contributed by atoms with Gasteiger partial charge in [0.2, 0.25) is 0 Å². The van der Waals surface area contributed by atoms with Crippen molar-refractivity contribution in [1.82, 2.24) is 10.2 Å². The molecule has 5 nitrogen and oxygen atoms in total. The molecule has 1 unspecified atom stereocenters. The van der Waals surface area contributed by atoms with E-state index in [1.807, 2.05) is 13.8 Å². The van der Waals surface area contributed by atoms with Gasteiger partial charge in [0.05, 0.1) is 0 Å². The number of hydrogen-bond donors (Lipinski definition) is 2. The van der Waals surface area contributed by atoms with Crippen LogP contribution in [0.3, 0.4) is 0 Å². The number of rotatable bonds is 6. The number of nitrogens with zero attached hydrogens (tertiary/aromatic N) is 1. The molecule has 0 radical (unpaired) electrons. The zero-order valence-corrected chi connectivity index (χ0v) is 10.5. The number of hydrogen-bond acceptors (Lipinski definition) is 2. The fraction of sp³-hybridized carbons (Fsp3) is 0.818. The van der Waals surface area contributed by atoms with Crippen molar-refractivity contribution < 1.29 is 14.7 Å². The Balaban J connectivity index is 4.22. The molecule has 0 saturated heterocycles. The monoisotopic (exact) mass is 230 g/mol. The lowest BCUT2D eigenvalue weighted by Crippen LogP contribution is -2.47. The van der Waals surface area contributed by atoms with Crippen molar-refractivity contribution in [3.63, 3.8) is 0 Å². The number of aliphatic carboxylic acids is 1. The van der Waals surface area contributed by atoms with Crippen molar-refractivity contribution in [2.24, 2.45) is 5.92 Å². The lowest BCUT2D eigenvalue weighted by atomic mass is 10.1. The van der Waals surface area contributed by atoms with E-state index in [-0.39, 0.29) is 18.6 Å². The highest BCUT2D eigenvalue weighted by Crippen LogP contribution is 2.01. The predicted octanol–water partition coefficient (Wildman–Crippen LogP) is 1.54. The molecular formula is C11H22N2O3. The van der Waals surface area contributed by atoms with E-state index in [1.165, 1.54) is 4.90 Å². The van der Waals surface area contributed by atoms with E-state index >= 15 is 0 Å². The van der Waals surface area contributed by atoms with Crippen LogP contribution in [0.25, 0.3) is 0 Å². The van der Waals surface area contributed by atoms with Gasteiger partial charge in [0, 0.05) is 12.6 Å². The van der Waals surface area contributed by atoms with Gasteiger partial charge in [-0.05, 0) is 19.8 Å². The molecule has 5 heteroatoms. The number of carbonyl (C=O) groups excluding carboxylic acids is 1. The molecule has 0 aromatic carbocycles. The summed E-state index contributed by atoms with van der Waals surface area (Å²) in [7, 11) is 0. The summed E-state index contributed by atoms with van der Waals surface area (Å²) in [5.41, 5.74) is 0. The molecule has 0 aliphatic carbocycles. The second-order valence-electron chi connectivity index (χ2n) is 4.31. The zero-order valence-electron chi connectivity index (χ0n) is 10.5. The highest BCUT2D eigenvalue weighted by Gasteiger charge is 2.19. The molecule has 0 aliphatic rings. The maximum absolute atomic E-state index is 11.7. The highest BCUT2D eigenvalue weighted by molar-refractivity contribution is 5.80. The number of carbonyl (C=O) groups is 2. The maximum Gasteiger partial charge on any atom is 0.323 e. The predicted molar refractivity (Wildman–Crippen MR) is 62.3 cm³/mol. The zero-order chi connectivity index (χ0) is 12.7. The second-order valence-corrected chi connectivity index (χ2v) is 4.31. The van der Waals surface area contributed by atoms with Crippen molar-refractivity contribution in [1.29, 1.82) is 0 Å². The Morgan fingerprint density at radius 3 is 2.25 bits per heavy atom. The quantitative estimate of drug-likeness (QED) is 0.727. The first-order valence-corrected chi connectivity index (χ1v) is 5.64. The number of amides is 2. The van der Waals surface area contributed by atoms with Gasteiger partial charge in [0.15, 0.2) is 0 Å². The number of nitrogens with one attached hydrogen (secondary N) is 1. The summed E-state index contributed by atoms with van der Waals surface area (Å²) in [5.74, 6) is -0.588. The van der Waals surface area contributed by atoms with Crippen molar-refractivity contribution >= 4 is 12.0 Å². The smallest absolute Gasteiger partial charge is 0.323 e. The Labute approximate surface area is 96.8 Å². The van der Waals surface area contributed by atoms with Gasteiger partial charge in [-0.15, -0.1) is 0 Å². The summed E-state index contributed by atoms with van der Waals surface area (Å²) >= 11 is 0. The molecule has 0 spiro atoms. The topological polar surface area (TPSA) is 69.6 Å². The lowest BCUT2D eigenvalue weighted by molar-refractivity contribution is -0.138. The molecule has 0 fully saturated rings. The molecule has 0 saturated carbocycles. The SMILES string of the molecule is CCC(C)CNC(=O)N(CC(=O)O)C(C)C. The molecule has 0 heterocycles. The average molecular weight is 230 g/mol. The van der Waals surface area contributed by atoms with Gasteiger partial charge in [-0.2, -0.15) is 0 Å². The normalized spacial score (nSPS) is 12.3. The molecule has 0 rings (SSSR count). The van der Waals surface area contributed by atoms with Crippen molar-refractivity contribution in [2.45, 2.75) is 40.2 Å². The molecule has 0 aromatic heterocycles. The molecule has 0 bridgehead atoms. The van der Waals surface area contributed by atoms with Crippen LogP contribution in [-0.4, -0.2) is 41.1 Å². The van der Waals surface area contributed by atoms with Crippen LogP contribution < -0.4 is 5.32 Å². The largest absolute Gasteiger partial charge is 0.480 e. The highest BCUT2D eigenvalue weighted by atomic mass is 16.4. The number of carboxylic acids is 1. The maximum atomic E-state index is 11.7. The number of carboxylic acid groups (broad SMARTS) is 1. The average Bonchev–Trinajstić information content (AvgIpc) is 2.21. The molecule has 16 heavy (non-hydrogen) atoms. The molecule has 2 amide bonds. The van der Waals surface area contributed by atoms with E-state index in [9.17, 15) is 9.59 Å². The fourth-order valence-corrected chi connectivity index (χ4v) is 1.14. The Kier molecular flexibility index (Phi) is 6.53. The summed E-state index contributed by atoms with van der Waals surface area (Å²) < 4.78 is 0. The van der Waals surface area contributed by atoms with Crippen molar-refractivity contribution in [3.8, 4) is 0 Å². The van der Waals surface area contributed by atoms with Gasteiger partial charge in [-0.3, -0.25) is 4.79 Å². The van der Waals surface area contributed by atoms with Gasteiger partial charge >= 0.3 is 12.0 Å². The minimum atomic E-state index is -0.993. The van der Waals surface area contributed by atoms with E-state index in [0.29, 0.717) is 12.5 Å². The molecule has 94 valence electrons. The van der Waals surface area contributed by atoms with Gasteiger partial charge in [0.1, 0.15) is 6.54 Å². The summed E-state index contributed by atoms with van der Waals surface area (Å²) in [5, 5.41) is 11.4. The van der Waals surface area contributed by atoms with Crippen LogP contribution in [0.4, 0.5) is 4.79 Å². The van der Waals surface area contributed by atoms with Crippen LogP contribution in [0.1, 0.15) is 34.1 Å². The number of urea groups is 1. The molecule has 0 aromatic rings. The molecule has 1 atom stereocenters. The third-order valence-corrected chi connectivity index (χ3v) is 2.49. The lowest BCUT2D eigenvalue weighted by Gasteiger charge is -2.25. The second kappa shape index (κ2) is 7.09. The van der Waals surface area contributed by atoms with Crippen LogP contribution in [0.15, 0.2) is 0 Å². The molecular weight excluding hydrogens is 208 g/mol. The Morgan fingerprint density at radius 2 is 1.88 bits per heavy atom. The van der Waals surface area contributed by atoms with Gasteiger partial charge in [-0.1, -0.05) is 20.3 Å². The van der Waals surface area contributed by atoms with Crippen LogP contribution >= 0.6 is 0 Å². The van der Waals surface area contributed by atoms with E-state index < -0.39 is 5.97 Å². The van der Waals surface area contributed by atoms with Gasteiger partial charge in [0.25, 0.3) is 0 Å². The molecule has 2 N–H and O–H groups in total. The van der Waals surface area contributed by atoms with Crippen molar-refractivity contribution in [2.75, 3.05) is 13.1 Å². The van der Waals surface area contributed by atoms with Crippen LogP contribution in [-0.2, 0) is 4.79 Å². The van der Waals surface area contributed by atoms with Crippen LogP contribution in [0, 0.1) is 5.92 Å². The van der Waals surface area contributed by atoms with E-state index in [1.54, 1.807) is 13.8 Å². The third-order valence-electron chi connectivity index (χ3n) is 2.49. The van der Waals surface area contributed by atoms with Crippen LogP contribution in [0.5, 0.6) is 0 Å². The first-order chi connectivity index (χ1) is 7.38. The Morgan fingerprint density at radius 1 is 1.31 bits per heavy atom. The summed E-state index contributed by atoms with van der Waals surface area (Å²) in [6, 6.07) is -0.425. The summed E-state index contributed by atoms with van der Waals surface area (Å²) in [6.45, 7) is 8.01. The third kappa shape index (κ3) is 5.58. The minimum Gasteiger partial charge on any atom is -0.480 e.